The number of hydrogen-bond donors (Lipinski definition) is 2. The third kappa shape index (κ3) is 3.40. The van der Waals surface area contributed by atoms with Crippen molar-refractivity contribution in [3.8, 4) is 11.4 Å². The average molecular weight is 380 g/mol. The second-order valence-corrected chi connectivity index (χ2v) is 7.74. The van der Waals surface area contributed by atoms with E-state index in [0.717, 1.165) is 53.2 Å². The largest absolute Gasteiger partial charge is 0.326 e. The van der Waals surface area contributed by atoms with Crippen LogP contribution in [0.5, 0.6) is 0 Å². The number of aryl methyl sites for hydroxylation is 1. The molecule has 1 aliphatic heterocycles. The van der Waals surface area contributed by atoms with Crippen LogP contribution < -0.4 is 10.6 Å². The Morgan fingerprint density at radius 1 is 1.29 bits per heavy atom. The van der Waals surface area contributed by atoms with Crippen LogP contribution in [0.2, 0.25) is 0 Å². The van der Waals surface area contributed by atoms with Crippen LogP contribution in [-0.2, 0) is 4.79 Å². The number of aromatic nitrogens is 2. The molecule has 6 heteroatoms. The van der Waals surface area contributed by atoms with Gasteiger partial charge in [0, 0.05) is 23.8 Å². The van der Waals surface area contributed by atoms with Crippen molar-refractivity contribution in [2.24, 2.45) is 5.92 Å². The SMILES string of the molecule is Cc1cc(-c2nc3ccc(F)cc3n2C(C)C)ccc1NC(=O)C1CCNC1. The van der Waals surface area contributed by atoms with Crippen molar-refractivity contribution in [3.63, 3.8) is 0 Å². The second-order valence-electron chi connectivity index (χ2n) is 7.74. The summed E-state index contributed by atoms with van der Waals surface area (Å²) in [6.45, 7) is 7.73. The van der Waals surface area contributed by atoms with Gasteiger partial charge in [-0.05, 0) is 75.7 Å². The maximum Gasteiger partial charge on any atom is 0.228 e. The molecule has 1 atom stereocenters. The van der Waals surface area contributed by atoms with Crippen molar-refractivity contribution >= 4 is 22.6 Å². The van der Waals surface area contributed by atoms with E-state index in [-0.39, 0.29) is 23.7 Å². The number of benzene rings is 2. The van der Waals surface area contributed by atoms with Gasteiger partial charge in [-0.15, -0.1) is 0 Å². The fourth-order valence-corrected chi connectivity index (χ4v) is 3.85. The minimum atomic E-state index is -0.267. The minimum Gasteiger partial charge on any atom is -0.326 e. The number of carbonyl (C=O) groups excluding carboxylic acids is 1. The normalized spacial score (nSPS) is 16.8. The van der Waals surface area contributed by atoms with Gasteiger partial charge in [0.05, 0.1) is 17.0 Å². The topological polar surface area (TPSA) is 59.0 Å². The maximum atomic E-state index is 13.8. The standard InChI is InChI=1S/C22H25FN4O/c1-13(2)27-20-11-17(23)5-7-19(20)25-21(27)15-4-6-18(14(3)10-15)26-22(28)16-8-9-24-12-16/h4-7,10-11,13,16,24H,8-9,12H2,1-3H3,(H,26,28). The first-order valence-electron chi connectivity index (χ1n) is 9.74. The summed E-state index contributed by atoms with van der Waals surface area (Å²) in [7, 11) is 0. The number of imidazole rings is 1. The molecule has 2 aromatic carbocycles. The van der Waals surface area contributed by atoms with E-state index >= 15 is 0 Å². The van der Waals surface area contributed by atoms with E-state index in [1.807, 2.05) is 25.1 Å². The maximum absolute atomic E-state index is 13.8. The van der Waals surface area contributed by atoms with Crippen molar-refractivity contribution < 1.29 is 9.18 Å². The van der Waals surface area contributed by atoms with Gasteiger partial charge in [0.2, 0.25) is 5.91 Å². The first-order valence-corrected chi connectivity index (χ1v) is 9.74. The Morgan fingerprint density at radius 3 is 2.79 bits per heavy atom. The summed E-state index contributed by atoms with van der Waals surface area (Å²) in [5.74, 6) is 0.623. The summed E-state index contributed by atoms with van der Waals surface area (Å²) in [5.41, 5.74) is 4.30. The van der Waals surface area contributed by atoms with E-state index in [9.17, 15) is 9.18 Å². The van der Waals surface area contributed by atoms with Crippen molar-refractivity contribution in [1.29, 1.82) is 0 Å². The number of rotatable bonds is 4. The number of anilines is 1. The minimum absolute atomic E-state index is 0.0270. The highest BCUT2D eigenvalue weighted by atomic mass is 19.1. The molecule has 0 radical (unpaired) electrons. The number of halogens is 1. The zero-order valence-electron chi connectivity index (χ0n) is 16.4. The summed E-state index contributed by atoms with van der Waals surface area (Å²) in [6, 6.07) is 10.7. The predicted octanol–water partition coefficient (Wildman–Crippen LogP) is 4.28. The highest BCUT2D eigenvalue weighted by molar-refractivity contribution is 5.94. The van der Waals surface area contributed by atoms with Gasteiger partial charge < -0.3 is 15.2 Å². The molecule has 2 N–H and O–H groups in total. The van der Waals surface area contributed by atoms with Crippen LogP contribution in [0.15, 0.2) is 36.4 Å². The van der Waals surface area contributed by atoms with E-state index in [2.05, 4.69) is 29.0 Å². The zero-order chi connectivity index (χ0) is 19.8. The zero-order valence-corrected chi connectivity index (χ0v) is 16.4. The van der Waals surface area contributed by atoms with Crippen molar-refractivity contribution in [2.45, 2.75) is 33.2 Å². The number of amides is 1. The molecule has 1 unspecified atom stereocenters. The molecule has 0 spiro atoms. The number of nitrogens with one attached hydrogen (secondary N) is 2. The van der Waals surface area contributed by atoms with Crippen molar-refractivity contribution in [1.82, 2.24) is 14.9 Å². The summed E-state index contributed by atoms with van der Waals surface area (Å²) in [4.78, 5) is 17.2. The lowest BCUT2D eigenvalue weighted by molar-refractivity contribution is -0.119. The molecule has 1 fully saturated rings. The molecular formula is C22H25FN4O. The van der Waals surface area contributed by atoms with Crippen LogP contribution in [0.4, 0.5) is 10.1 Å². The summed E-state index contributed by atoms with van der Waals surface area (Å²) >= 11 is 0. The van der Waals surface area contributed by atoms with Gasteiger partial charge in [-0.1, -0.05) is 0 Å². The Balaban J connectivity index is 1.69. The molecule has 1 aromatic heterocycles. The van der Waals surface area contributed by atoms with Gasteiger partial charge in [0.25, 0.3) is 0 Å². The Hall–Kier alpha value is -2.73. The number of fused-ring (bicyclic) bond motifs is 1. The lowest BCUT2D eigenvalue weighted by Gasteiger charge is -2.15. The fraction of sp³-hybridized carbons (Fsp3) is 0.364. The monoisotopic (exact) mass is 380 g/mol. The van der Waals surface area contributed by atoms with Crippen LogP contribution in [-0.4, -0.2) is 28.5 Å². The number of carbonyl (C=O) groups is 1. The van der Waals surface area contributed by atoms with E-state index in [0.29, 0.717) is 0 Å². The number of nitrogens with zero attached hydrogens (tertiary/aromatic N) is 2. The average Bonchev–Trinajstić information content (AvgIpc) is 3.30. The lowest BCUT2D eigenvalue weighted by atomic mass is 10.1. The van der Waals surface area contributed by atoms with Crippen LogP contribution in [0.1, 0.15) is 31.9 Å². The van der Waals surface area contributed by atoms with E-state index in [1.165, 1.54) is 12.1 Å². The molecule has 1 saturated heterocycles. The van der Waals surface area contributed by atoms with E-state index in [1.54, 1.807) is 6.07 Å². The molecule has 0 saturated carbocycles. The molecule has 28 heavy (non-hydrogen) atoms. The van der Waals surface area contributed by atoms with Gasteiger partial charge in [0.1, 0.15) is 11.6 Å². The first kappa shape index (κ1) is 18.6. The third-order valence-corrected chi connectivity index (χ3v) is 5.34. The molecule has 3 aromatic rings. The van der Waals surface area contributed by atoms with Crippen LogP contribution in [0.25, 0.3) is 22.4 Å². The highest BCUT2D eigenvalue weighted by Gasteiger charge is 2.23. The Morgan fingerprint density at radius 2 is 2.11 bits per heavy atom. The summed E-state index contributed by atoms with van der Waals surface area (Å²) in [6.07, 6.45) is 0.873. The molecule has 0 aliphatic carbocycles. The highest BCUT2D eigenvalue weighted by Crippen LogP contribution is 2.31. The van der Waals surface area contributed by atoms with Crippen LogP contribution >= 0.6 is 0 Å². The van der Waals surface area contributed by atoms with Gasteiger partial charge in [0.15, 0.2) is 0 Å². The first-order chi connectivity index (χ1) is 13.4. The molecule has 146 valence electrons. The predicted molar refractivity (Wildman–Crippen MR) is 110 cm³/mol. The Kier molecular flexibility index (Phi) is 4.89. The molecule has 5 nitrogen and oxygen atoms in total. The van der Waals surface area contributed by atoms with E-state index < -0.39 is 0 Å². The van der Waals surface area contributed by atoms with Crippen molar-refractivity contribution in [2.75, 3.05) is 18.4 Å². The Bertz CT molecular complexity index is 1030. The third-order valence-electron chi connectivity index (χ3n) is 5.34. The molecule has 4 rings (SSSR count). The number of hydrogen-bond acceptors (Lipinski definition) is 3. The Labute approximate surface area is 164 Å². The quantitative estimate of drug-likeness (QED) is 0.710. The second kappa shape index (κ2) is 7.36. The molecule has 1 amide bonds. The summed E-state index contributed by atoms with van der Waals surface area (Å²) < 4.78 is 15.8. The molecule has 0 bridgehead atoms. The van der Waals surface area contributed by atoms with Gasteiger partial charge in [-0.2, -0.15) is 0 Å². The van der Waals surface area contributed by atoms with Crippen LogP contribution in [0, 0.1) is 18.7 Å². The van der Waals surface area contributed by atoms with Gasteiger partial charge in [-0.25, -0.2) is 9.37 Å². The van der Waals surface area contributed by atoms with Crippen molar-refractivity contribution in [3.05, 3.63) is 47.8 Å². The molecule has 2 heterocycles. The van der Waals surface area contributed by atoms with Gasteiger partial charge >= 0.3 is 0 Å². The molecule has 1 aliphatic rings. The smallest absolute Gasteiger partial charge is 0.228 e. The van der Waals surface area contributed by atoms with Gasteiger partial charge in [-0.3, -0.25) is 4.79 Å². The molecular weight excluding hydrogens is 355 g/mol. The fourth-order valence-electron chi connectivity index (χ4n) is 3.85. The lowest BCUT2D eigenvalue weighted by Crippen LogP contribution is -2.24. The van der Waals surface area contributed by atoms with E-state index in [4.69, 9.17) is 4.98 Å². The summed E-state index contributed by atoms with van der Waals surface area (Å²) in [5, 5.41) is 6.27. The van der Waals surface area contributed by atoms with Crippen LogP contribution in [0.3, 0.4) is 0 Å².